The smallest absolute Gasteiger partial charge is 0.217 e. The van der Waals surface area contributed by atoms with Gasteiger partial charge in [-0.25, -0.2) is 0 Å². The Balaban J connectivity index is 3.01. The molecule has 4 N–H and O–H groups in total. The van der Waals surface area contributed by atoms with E-state index in [4.69, 9.17) is 15.9 Å². The Bertz CT molecular complexity index is 92.2. The quantitative estimate of drug-likeness (QED) is 0.428. The van der Waals surface area contributed by atoms with Crippen molar-refractivity contribution in [2.75, 3.05) is 0 Å². The monoisotopic (exact) mass is 133 g/mol. The van der Waals surface area contributed by atoms with Gasteiger partial charge in [0.25, 0.3) is 0 Å². The predicted molar refractivity (Wildman–Crippen MR) is 31.3 cm³/mol. The van der Waals surface area contributed by atoms with Gasteiger partial charge >= 0.3 is 0 Å². The zero-order valence-electron chi connectivity index (χ0n) is 5.08. The first kappa shape index (κ1) is 8.39. The maximum atomic E-state index is 10.0. The van der Waals surface area contributed by atoms with Gasteiger partial charge in [-0.1, -0.05) is 0 Å². The minimum absolute atomic E-state index is 0.211. The molecule has 0 aliphatic carbocycles. The number of primary amides is 1. The van der Waals surface area contributed by atoms with Gasteiger partial charge < -0.3 is 15.9 Å². The summed E-state index contributed by atoms with van der Waals surface area (Å²) in [6.07, 6.45) is -0.447. The molecule has 0 saturated carbocycles. The van der Waals surface area contributed by atoms with Crippen LogP contribution in [0.4, 0.5) is 0 Å². The third-order valence-corrected chi connectivity index (χ3v) is 0.885. The van der Waals surface area contributed by atoms with E-state index in [1.807, 2.05) is 0 Å². The molecule has 9 heavy (non-hydrogen) atoms. The fraction of sp³-hybridized carbons (Fsp3) is 0.800. The number of rotatable bonds is 4. The number of hydrogen-bond acceptors (Lipinski definition) is 3. The molecular formula is C5H11NO3. The normalized spacial score (nSPS) is 10.1. The van der Waals surface area contributed by atoms with Gasteiger partial charge in [-0.05, 0) is 12.8 Å². The molecule has 0 rings (SSSR count). The highest BCUT2D eigenvalue weighted by Crippen LogP contribution is 1.96. The van der Waals surface area contributed by atoms with Crippen LogP contribution in [0.1, 0.15) is 19.3 Å². The molecule has 0 aliphatic rings. The molecule has 0 aromatic rings. The SMILES string of the molecule is NC(=O)CCCC(O)O. The molecule has 0 aromatic carbocycles. The zero-order valence-corrected chi connectivity index (χ0v) is 5.08. The molecule has 0 fully saturated rings. The summed E-state index contributed by atoms with van der Waals surface area (Å²) in [5.74, 6) is -0.407. The second-order valence-corrected chi connectivity index (χ2v) is 1.84. The highest BCUT2D eigenvalue weighted by Gasteiger charge is 1.98. The number of carbonyl (C=O) groups excluding carboxylic acids is 1. The van der Waals surface area contributed by atoms with Gasteiger partial charge in [-0.15, -0.1) is 0 Å². The molecule has 0 unspecified atom stereocenters. The minimum atomic E-state index is -1.32. The Kier molecular flexibility index (Phi) is 4.00. The summed E-state index contributed by atoms with van der Waals surface area (Å²) in [4.78, 5) is 10.0. The molecule has 0 heterocycles. The highest BCUT2D eigenvalue weighted by atomic mass is 16.5. The van der Waals surface area contributed by atoms with E-state index in [-0.39, 0.29) is 12.8 Å². The van der Waals surface area contributed by atoms with Crippen molar-refractivity contribution in [2.45, 2.75) is 25.6 Å². The first-order valence-electron chi connectivity index (χ1n) is 2.77. The number of aliphatic hydroxyl groups excluding tert-OH is 1. The summed E-state index contributed by atoms with van der Waals surface area (Å²) < 4.78 is 0. The van der Waals surface area contributed by atoms with Crippen molar-refractivity contribution in [1.82, 2.24) is 0 Å². The van der Waals surface area contributed by atoms with Crippen LogP contribution in [-0.4, -0.2) is 22.4 Å². The van der Waals surface area contributed by atoms with Crippen LogP contribution >= 0.6 is 0 Å². The lowest BCUT2D eigenvalue weighted by Crippen LogP contribution is -2.12. The van der Waals surface area contributed by atoms with E-state index >= 15 is 0 Å². The number of nitrogens with two attached hydrogens (primary N) is 1. The Labute approximate surface area is 53.3 Å². The van der Waals surface area contributed by atoms with Crippen LogP contribution in [0.2, 0.25) is 0 Å². The summed E-state index contributed by atoms with van der Waals surface area (Å²) in [6.45, 7) is 0. The first-order valence-corrected chi connectivity index (χ1v) is 2.77. The summed E-state index contributed by atoms with van der Waals surface area (Å²) >= 11 is 0. The summed E-state index contributed by atoms with van der Waals surface area (Å²) in [6, 6.07) is 0. The van der Waals surface area contributed by atoms with E-state index in [9.17, 15) is 4.79 Å². The van der Waals surface area contributed by atoms with Gasteiger partial charge in [0, 0.05) is 6.42 Å². The van der Waals surface area contributed by atoms with Crippen molar-refractivity contribution in [3.63, 3.8) is 0 Å². The van der Waals surface area contributed by atoms with E-state index in [1.54, 1.807) is 0 Å². The van der Waals surface area contributed by atoms with Crippen molar-refractivity contribution in [2.24, 2.45) is 5.73 Å². The largest absolute Gasteiger partial charge is 0.370 e. The maximum Gasteiger partial charge on any atom is 0.217 e. The molecule has 4 nitrogen and oxygen atoms in total. The summed E-state index contributed by atoms with van der Waals surface area (Å²) in [5.41, 5.74) is 4.78. The van der Waals surface area contributed by atoms with Gasteiger partial charge in [0.15, 0.2) is 6.29 Å². The van der Waals surface area contributed by atoms with Crippen molar-refractivity contribution in [3.05, 3.63) is 0 Å². The van der Waals surface area contributed by atoms with Crippen molar-refractivity contribution >= 4 is 5.91 Å². The maximum absolute atomic E-state index is 10.0. The fourth-order valence-corrected chi connectivity index (χ4v) is 0.459. The van der Waals surface area contributed by atoms with Gasteiger partial charge in [-0.3, -0.25) is 4.79 Å². The van der Waals surface area contributed by atoms with Gasteiger partial charge in [-0.2, -0.15) is 0 Å². The Morgan fingerprint density at radius 3 is 2.44 bits per heavy atom. The molecular weight excluding hydrogens is 122 g/mol. The van der Waals surface area contributed by atoms with Crippen LogP contribution in [0.3, 0.4) is 0 Å². The average Bonchev–Trinajstić information content (AvgIpc) is 1.63. The van der Waals surface area contributed by atoms with Gasteiger partial charge in [0.1, 0.15) is 0 Å². The van der Waals surface area contributed by atoms with Crippen LogP contribution in [0.15, 0.2) is 0 Å². The molecule has 4 heteroatoms. The molecule has 0 bridgehead atoms. The van der Waals surface area contributed by atoms with E-state index in [1.165, 1.54) is 0 Å². The van der Waals surface area contributed by atoms with Gasteiger partial charge in [0.05, 0.1) is 0 Å². The number of carbonyl (C=O) groups is 1. The zero-order chi connectivity index (χ0) is 7.28. The molecule has 0 aliphatic heterocycles. The van der Waals surface area contributed by atoms with Crippen LogP contribution in [-0.2, 0) is 4.79 Å². The minimum Gasteiger partial charge on any atom is -0.370 e. The standard InChI is InChI=1S/C5H11NO3/c6-4(7)2-1-3-5(8)9/h5,8-9H,1-3H2,(H2,6,7). The molecule has 0 radical (unpaired) electrons. The second-order valence-electron chi connectivity index (χ2n) is 1.84. The Morgan fingerprint density at radius 2 is 2.11 bits per heavy atom. The topological polar surface area (TPSA) is 83.6 Å². The second kappa shape index (κ2) is 4.29. The number of amides is 1. The third-order valence-electron chi connectivity index (χ3n) is 0.885. The van der Waals surface area contributed by atoms with E-state index in [0.29, 0.717) is 6.42 Å². The first-order chi connectivity index (χ1) is 4.13. The van der Waals surface area contributed by atoms with Crippen LogP contribution in [0.5, 0.6) is 0 Å². The van der Waals surface area contributed by atoms with Crippen LogP contribution in [0.25, 0.3) is 0 Å². The van der Waals surface area contributed by atoms with E-state index < -0.39 is 12.2 Å². The molecule has 54 valence electrons. The van der Waals surface area contributed by atoms with Crippen molar-refractivity contribution in [1.29, 1.82) is 0 Å². The van der Waals surface area contributed by atoms with Crippen molar-refractivity contribution in [3.8, 4) is 0 Å². The molecule has 1 amide bonds. The number of hydrogen-bond donors (Lipinski definition) is 3. The van der Waals surface area contributed by atoms with E-state index in [0.717, 1.165) is 0 Å². The lowest BCUT2D eigenvalue weighted by molar-refractivity contribution is -0.118. The average molecular weight is 133 g/mol. The Hall–Kier alpha value is -0.610. The molecule has 0 atom stereocenters. The molecule has 0 spiro atoms. The van der Waals surface area contributed by atoms with Crippen LogP contribution in [0, 0.1) is 0 Å². The number of aliphatic hydroxyl groups is 2. The summed E-state index contributed by atoms with van der Waals surface area (Å²) in [7, 11) is 0. The van der Waals surface area contributed by atoms with Crippen molar-refractivity contribution < 1.29 is 15.0 Å². The third kappa shape index (κ3) is 7.39. The Morgan fingerprint density at radius 1 is 1.56 bits per heavy atom. The fourth-order valence-electron chi connectivity index (χ4n) is 0.459. The molecule has 0 saturated heterocycles. The van der Waals surface area contributed by atoms with E-state index in [2.05, 4.69) is 0 Å². The summed E-state index contributed by atoms with van der Waals surface area (Å²) in [5, 5.41) is 16.5. The lowest BCUT2D eigenvalue weighted by Gasteiger charge is -1.99. The van der Waals surface area contributed by atoms with Crippen LogP contribution < -0.4 is 5.73 Å². The highest BCUT2D eigenvalue weighted by molar-refractivity contribution is 5.73. The predicted octanol–water partition coefficient (Wildman–Crippen LogP) is -1.05. The van der Waals surface area contributed by atoms with Gasteiger partial charge in [0.2, 0.25) is 5.91 Å². The lowest BCUT2D eigenvalue weighted by atomic mass is 10.2. The molecule has 0 aromatic heterocycles.